The van der Waals surface area contributed by atoms with E-state index in [2.05, 4.69) is 41.3 Å². The molecule has 2 aromatic rings. The summed E-state index contributed by atoms with van der Waals surface area (Å²) in [6.45, 7) is 2.23. The summed E-state index contributed by atoms with van der Waals surface area (Å²) in [5.41, 5.74) is 3.05. The standard InChI is InChI=1S/C21H25NO/c23-20-10-4-8-18(14-20)21-11-5-9-19(15-21)22(13-12-21)16-17-6-2-1-3-7-17/h1-4,6-8,10,14,19,23H,5,9,11-13,15-16H2. The van der Waals surface area contributed by atoms with E-state index in [1.807, 2.05) is 12.1 Å². The highest BCUT2D eigenvalue weighted by Crippen LogP contribution is 2.47. The number of fused-ring (bicyclic) bond motifs is 2. The second kappa shape index (κ2) is 6.01. The Labute approximate surface area is 138 Å². The summed E-state index contributed by atoms with van der Waals surface area (Å²) in [5.74, 6) is 0.408. The first-order valence-corrected chi connectivity index (χ1v) is 8.83. The number of hydrogen-bond acceptors (Lipinski definition) is 2. The van der Waals surface area contributed by atoms with Crippen LogP contribution >= 0.6 is 0 Å². The van der Waals surface area contributed by atoms with Crippen LogP contribution in [0, 0.1) is 0 Å². The van der Waals surface area contributed by atoms with Crippen LogP contribution in [0.5, 0.6) is 5.75 Å². The lowest BCUT2D eigenvalue weighted by atomic mass is 9.63. The van der Waals surface area contributed by atoms with Crippen LogP contribution in [0.3, 0.4) is 0 Å². The summed E-state index contributed by atoms with van der Waals surface area (Å²) in [6.07, 6.45) is 6.33. The van der Waals surface area contributed by atoms with Crippen LogP contribution in [0.4, 0.5) is 0 Å². The number of phenolic OH excluding ortho intramolecular Hbond substituents is 1. The van der Waals surface area contributed by atoms with E-state index >= 15 is 0 Å². The Balaban J connectivity index is 1.54. The topological polar surface area (TPSA) is 23.5 Å². The maximum absolute atomic E-state index is 9.87. The highest BCUT2D eigenvalue weighted by molar-refractivity contribution is 5.34. The third-order valence-corrected chi connectivity index (χ3v) is 5.90. The quantitative estimate of drug-likeness (QED) is 0.904. The number of piperidine rings is 1. The van der Waals surface area contributed by atoms with Crippen LogP contribution in [0.1, 0.15) is 43.2 Å². The minimum Gasteiger partial charge on any atom is -0.508 e. The molecule has 2 bridgehead atoms. The molecule has 0 amide bonds. The molecule has 1 aliphatic carbocycles. The minimum atomic E-state index is 0.287. The molecule has 1 heterocycles. The molecule has 2 fully saturated rings. The first-order chi connectivity index (χ1) is 11.3. The number of nitrogens with zero attached hydrogens (tertiary/aromatic N) is 1. The van der Waals surface area contributed by atoms with Gasteiger partial charge in [0.2, 0.25) is 0 Å². The Kier molecular flexibility index (Phi) is 3.86. The van der Waals surface area contributed by atoms with Gasteiger partial charge in [0.05, 0.1) is 0 Å². The highest BCUT2D eigenvalue weighted by atomic mass is 16.3. The van der Waals surface area contributed by atoms with Gasteiger partial charge in [-0.3, -0.25) is 4.90 Å². The monoisotopic (exact) mass is 307 g/mol. The van der Waals surface area contributed by atoms with Gasteiger partial charge < -0.3 is 5.11 Å². The van der Waals surface area contributed by atoms with Gasteiger partial charge in [-0.15, -0.1) is 0 Å². The summed E-state index contributed by atoms with van der Waals surface area (Å²) in [6, 6.07) is 19.5. The number of hydrogen-bond donors (Lipinski definition) is 1. The van der Waals surface area contributed by atoms with E-state index in [1.54, 1.807) is 6.07 Å². The van der Waals surface area contributed by atoms with Gasteiger partial charge in [-0.05, 0) is 60.9 Å². The molecule has 2 heteroatoms. The van der Waals surface area contributed by atoms with Crippen LogP contribution < -0.4 is 0 Å². The molecule has 1 saturated carbocycles. The molecule has 2 aliphatic rings. The fraction of sp³-hybridized carbons (Fsp3) is 0.429. The number of phenols is 1. The van der Waals surface area contributed by atoms with Crippen LogP contribution in [-0.4, -0.2) is 22.6 Å². The molecule has 1 N–H and O–H groups in total. The first-order valence-electron chi connectivity index (χ1n) is 8.83. The molecule has 2 unspecified atom stereocenters. The Hall–Kier alpha value is -1.80. The van der Waals surface area contributed by atoms with Gasteiger partial charge in [0.1, 0.15) is 5.75 Å². The lowest BCUT2D eigenvalue weighted by Gasteiger charge is -2.51. The summed E-state index contributed by atoms with van der Waals surface area (Å²) in [7, 11) is 0. The van der Waals surface area contributed by atoms with E-state index in [0.29, 0.717) is 11.8 Å². The van der Waals surface area contributed by atoms with Crippen molar-refractivity contribution in [2.24, 2.45) is 0 Å². The van der Waals surface area contributed by atoms with Crippen LogP contribution in [-0.2, 0) is 12.0 Å². The van der Waals surface area contributed by atoms with Gasteiger partial charge in [-0.1, -0.05) is 48.9 Å². The van der Waals surface area contributed by atoms with Gasteiger partial charge in [-0.2, -0.15) is 0 Å². The van der Waals surface area contributed by atoms with Crippen LogP contribution in [0.25, 0.3) is 0 Å². The normalized spacial score (nSPS) is 27.7. The molecule has 0 radical (unpaired) electrons. The molecular weight excluding hydrogens is 282 g/mol. The van der Waals surface area contributed by atoms with Crippen molar-refractivity contribution in [1.29, 1.82) is 0 Å². The molecule has 0 aromatic heterocycles. The Morgan fingerprint density at radius 1 is 1.04 bits per heavy atom. The van der Waals surface area contributed by atoms with Crippen molar-refractivity contribution in [2.45, 2.75) is 50.1 Å². The molecule has 23 heavy (non-hydrogen) atoms. The zero-order valence-corrected chi connectivity index (χ0v) is 13.6. The highest BCUT2D eigenvalue weighted by Gasteiger charge is 2.43. The molecular formula is C21H25NO. The fourth-order valence-electron chi connectivity index (χ4n) is 4.68. The molecule has 0 spiro atoms. The molecule has 120 valence electrons. The summed E-state index contributed by atoms with van der Waals surface area (Å²) in [4.78, 5) is 2.68. The van der Waals surface area contributed by atoms with Crippen molar-refractivity contribution >= 4 is 0 Å². The summed E-state index contributed by atoms with van der Waals surface area (Å²) >= 11 is 0. The van der Waals surface area contributed by atoms with Gasteiger partial charge in [0, 0.05) is 12.6 Å². The average molecular weight is 307 g/mol. The van der Waals surface area contributed by atoms with E-state index in [-0.39, 0.29) is 5.41 Å². The lowest BCUT2D eigenvalue weighted by Crippen LogP contribution is -2.51. The maximum atomic E-state index is 9.87. The predicted molar refractivity (Wildman–Crippen MR) is 93.5 cm³/mol. The van der Waals surface area contributed by atoms with E-state index in [0.717, 1.165) is 13.1 Å². The predicted octanol–water partition coefficient (Wildman–Crippen LogP) is 4.48. The van der Waals surface area contributed by atoms with Crippen molar-refractivity contribution in [3.05, 3.63) is 65.7 Å². The van der Waals surface area contributed by atoms with Crippen molar-refractivity contribution in [2.75, 3.05) is 6.54 Å². The third-order valence-electron chi connectivity index (χ3n) is 5.90. The largest absolute Gasteiger partial charge is 0.508 e. The van der Waals surface area contributed by atoms with E-state index < -0.39 is 0 Å². The van der Waals surface area contributed by atoms with Crippen LogP contribution in [0.15, 0.2) is 54.6 Å². The minimum absolute atomic E-state index is 0.287. The second-order valence-electron chi connectivity index (χ2n) is 7.29. The smallest absolute Gasteiger partial charge is 0.115 e. The molecule has 2 aromatic carbocycles. The summed E-state index contributed by atoms with van der Waals surface area (Å²) < 4.78 is 0. The maximum Gasteiger partial charge on any atom is 0.115 e. The van der Waals surface area contributed by atoms with E-state index in [1.165, 1.54) is 43.2 Å². The molecule has 4 rings (SSSR count). The van der Waals surface area contributed by atoms with Crippen molar-refractivity contribution in [3.63, 3.8) is 0 Å². The van der Waals surface area contributed by atoms with Crippen molar-refractivity contribution < 1.29 is 5.11 Å². The van der Waals surface area contributed by atoms with Crippen molar-refractivity contribution in [1.82, 2.24) is 4.90 Å². The van der Waals surface area contributed by atoms with Crippen molar-refractivity contribution in [3.8, 4) is 5.75 Å². The number of likely N-dealkylation sites (tertiary alicyclic amines) is 1. The Morgan fingerprint density at radius 2 is 1.91 bits per heavy atom. The zero-order chi connectivity index (χ0) is 15.7. The van der Waals surface area contributed by atoms with E-state index in [9.17, 15) is 5.11 Å². The Morgan fingerprint density at radius 3 is 2.74 bits per heavy atom. The summed E-state index contributed by atoms with van der Waals surface area (Å²) in [5, 5.41) is 9.87. The Bertz CT molecular complexity index is 669. The third kappa shape index (κ3) is 2.88. The number of aromatic hydroxyl groups is 1. The lowest BCUT2D eigenvalue weighted by molar-refractivity contribution is 0.0458. The fourth-order valence-corrected chi connectivity index (χ4v) is 4.68. The molecule has 2 atom stereocenters. The van der Waals surface area contributed by atoms with E-state index in [4.69, 9.17) is 0 Å². The number of rotatable bonds is 3. The van der Waals surface area contributed by atoms with Gasteiger partial charge in [0.25, 0.3) is 0 Å². The SMILES string of the molecule is Oc1cccc(C23CCCC(C2)N(Cc2ccccc2)CC3)c1. The van der Waals surface area contributed by atoms with Gasteiger partial charge in [0.15, 0.2) is 0 Å². The van der Waals surface area contributed by atoms with Gasteiger partial charge >= 0.3 is 0 Å². The number of benzene rings is 2. The average Bonchev–Trinajstić information content (AvgIpc) is 2.59. The first kappa shape index (κ1) is 14.8. The molecule has 2 nitrogen and oxygen atoms in total. The van der Waals surface area contributed by atoms with Gasteiger partial charge in [-0.25, -0.2) is 0 Å². The second-order valence-corrected chi connectivity index (χ2v) is 7.29. The molecule has 1 aliphatic heterocycles. The zero-order valence-electron chi connectivity index (χ0n) is 13.6. The van der Waals surface area contributed by atoms with Crippen LogP contribution in [0.2, 0.25) is 0 Å². The molecule has 1 saturated heterocycles.